The van der Waals surface area contributed by atoms with Crippen LogP contribution in [0.5, 0.6) is 0 Å². The average molecular weight is 345 g/mol. The predicted octanol–water partition coefficient (Wildman–Crippen LogP) is 3.04. The van der Waals surface area contributed by atoms with E-state index >= 15 is 0 Å². The van der Waals surface area contributed by atoms with Gasteiger partial charge in [-0.2, -0.15) is 0 Å². The van der Waals surface area contributed by atoms with Crippen LogP contribution in [0.2, 0.25) is 0 Å². The smallest absolute Gasteiger partial charge is 0.126 e. The number of pyridine rings is 1. The maximum absolute atomic E-state index is 11.2. The van der Waals surface area contributed by atoms with Crippen molar-refractivity contribution in [1.29, 1.82) is 0 Å². The lowest BCUT2D eigenvalue weighted by Crippen LogP contribution is -2.21. The number of rotatable bonds is 4. The predicted molar refractivity (Wildman–Crippen MR) is 100 cm³/mol. The minimum Gasteiger partial charge on any atom is -0.386 e. The van der Waals surface area contributed by atoms with Crippen molar-refractivity contribution in [2.45, 2.75) is 19.1 Å². The fraction of sp³-hybridized carbons (Fsp3) is 0.150. The Morgan fingerprint density at radius 2 is 1.73 bits per heavy atom. The zero-order chi connectivity index (χ0) is 18.1. The van der Waals surface area contributed by atoms with Crippen molar-refractivity contribution in [3.05, 3.63) is 83.6 Å². The van der Waals surface area contributed by atoms with Gasteiger partial charge in [-0.15, -0.1) is 5.10 Å². The molecule has 2 aromatic heterocycles. The fourth-order valence-corrected chi connectivity index (χ4v) is 3.15. The molecule has 0 radical (unpaired) electrons. The topological polar surface area (TPSA) is 89.8 Å². The van der Waals surface area contributed by atoms with E-state index in [0.29, 0.717) is 5.82 Å². The summed E-state index contributed by atoms with van der Waals surface area (Å²) < 4.78 is 1.75. The standard InChI is InChI=1S/C20H19N5O/c1-13-11-15(12-22-20(13)21)18(19(26)14-7-3-2-4-8-14)25-17-10-6-5-9-16(17)23-24-25/h2-12,18-19,26H,1H3,(H2,21,22)/t18?,19-/m0/s1. The Hall–Kier alpha value is -3.25. The van der Waals surface area contributed by atoms with E-state index in [1.165, 1.54) is 0 Å². The SMILES string of the molecule is Cc1cc(C([C@@H](O)c2ccccc2)n2nnc3ccccc32)cnc1N. The number of hydrogen-bond donors (Lipinski definition) is 2. The first-order valence-corrected chi connectivity index (χ1v) is 8.40. The van der Waals surface area contributed by atoms with Gasteiger partial charge in [0.25, 0.3) is 0 Å². The molecule has 0 saturated heterocycles. The van der Waals surface area contributed by atoms with Crippen LogP contribution < -0.4 is 5.73 Å². The average Bonchev–Trinajstić information content (AvgIpc) is 3.09. The number of para-hydroxylation sites is 1. The van der Waals surface area contributed by atoms with E-state index in [9.17, 15) is 5.11 Å². The second-order valence-electron chi connectivity index (χ2n) is 6.29. The molecule has 0 spiro atoms. The van der Waals surface area contributed by atoms with Gasteiger partial charge in [0.15, 0.2) is 0 Å². The molecule has 0 aliphatic heterocycles. The molecule has 2 heterocycles. The molecule has 0 fully saturated rings. The molecule has 0 aliphatic carbocycles. The Bertz CT molecular complexity index is 1040. The van der Waals surface area contributed by atoms with Crippen molar-refractivity contribution in [2.75, 3.05) is 5.73 Å². The second kappa shape index (κ2) is 6.57. The van der Waals surface area contributed by atoms with Crippen molar-refractivity contribution in [3.8, 4) is 0 Å². The number of hydrogen-bond acceptors (Lipinski definition) is 5. The summed E-state index contributed by atoms with van der Waals surface area (Å²) in [5, 5.41) is 19.7. The number of aliphatic hydroxyl groups is 1. The van der Waals surface area contributed by atoms with E-state index in [1.807, 2.05) is 67.6 Å². The summed E-state index contributed by atoms with van der Waals surface area (Å²) in [6, 6.07) is 18.7. The van der Waals surface area contributed by atoms with Gasteiger partial charge in [0.05, 0.1) is 5.52 Å². The van der Waals surface area contributed by atoms with Gasteiger partial charge in [-0.25, -0.2) is 9.67 Å². The van der Waals surface area contributed by atoms with Gasteiger partial charge in [-0.1, -0.05) is 47.7 Å². The van der Waals surface area contributed by atoms with Gasteiger partial charge >= 0.3 is 0 Å². The fourth-order valence-electron chi connectivity index (χ4n) is 3.15. The number of benzene rings is 2. The Kier molecular flexibility index (Phi) is 4.10. The van der Waals surface area contributed by atoms with Crippen molar-refractivity contribution < 1.29 is 5.11 Å². The molecule has 2 atom stereocenters. The molecule has 0 amide bonds. The molecular weight excluding hydrogens is 326 g/mol. The molecule has 130 valence electrons. The molecule has 26 heavy (non-hydrogen) atoms. The number of aryl methyl sites for hydroxylation is 1. The molecule has 3 N–H and O–H groups in total. The van der Waals surface area contributed by atoms with E-state index in [2.05, 4.69) is 15.3 Å². The molecule has 6 nitrogen and oxygen atoms in total. The number of anilines is 1. The second-order valence-corrected chi connectivity index (χ2v) is 6.29. The number of aliphatic hydroxyl groups excluding tert-OH is 1. The van der Waals surface area contributed by atoms with Crippen molar-refractivity contribution >= 4 is 16.9 Å². The first-order valence-electron chi connectivity index (χ1n) is 8.40. The summed E-state index contributed by atoms with van der Waals surface area (Å²) in [6.07, 6.45) is 0.876. The van der Waals surface area contributed by atoms with E-state index < -0.39 is 12.1 Å². The zero-order valence-electron chi connectivity index (χ0n) is 14.3. The Morgan fingerprint density at radius 1 is 1.00 bits per heavy atom. The van der Waals surface area contributed by atoms with Crippen molar-refractivity contribution in [3.63, 3.8) is 0 Å². The highest BCUT2D eigenvalue weighted by Gasteiger charge is 2.28. The normalized spacial score (nSPS) is 13.6. The maximum atomic E-state index is 11.2. The van der Waals surface area contributed by atoms with Crippen LogP contribution in [-0.4, -0.2) is 25.1 Å². The quantitative estimate of drug-likeness (QED) is 0.593. The summed E-state index contributed by atoms with van der Waals surface area (Å²) in [6.45, 7) is 1.90. The molecule has 0 bridgehead atoms. The number of nitrogens with two attached hydrogens (primary N) is 1. The van der Waals surface area contributed by atoms with Gasteiger partial charge in [0.2, 0.25) is 0 Å². The molecule has 4 aromatic rings. The van der Waals surface area contributed by atoms with Gasteiger partial charge in [-0.05, 0) is 41.8 Å². The first-order chi connectivity index (χ1) is 12.6. The molecule has 6 heteroatoms. The van der Waals surface area contributed by atoms with Crippen LogP contribution in [-0.2, 0) is 0 Å². The van der Waals surface area contributed by atoms with Crippen LogP contribution in [0.4, 0.5) is 5.82 Å². The van der Waals surface area contributed by atoms with Crippen LogP contribution in [0, 0.1) is 6.92 Å². The minimum atomic E-state index is -0.814. The van der Waals surface area contributed by atoms with Crippen LogP contribution >= 0.6 is 0 Å². The summed E-state index contributed by atoms with van der Waals surface area (Å²) in [5.41, 5.74) is 9.98. The first kappa shape index (κ1) is 16.2. The zero-order valence-corrected chi connectivity index (χ0v) is 14.3. The van der Waals surface area contributed by atoms with Crippen LogP contribution in [0.3, 0.4) is 0 Å². The number of fused-ring (bicyclic) bond motifs is 1. The van der Waals surface area contributed by atoms with Gasteiger partial charge in [-0.3, -0.25) is 0 Å². The molecule has 2 aromatic carbocycles. The summed E-state index contributed by atoms with van der Waals surface area (Å²) >= 11 is 0. The van der Waals surface area contributed by atoms with Crippen molar-refractivity contribution in [1.82, 2.24) is 20.0 Å². The summed E-state index contributed by atoms with van der Waals surface area (Å²) in [4.78, 5) is 4.27. The van der Waals surface area contributed by atoms with Gasteiger partial charge < -0.3 is 10.8 Å². The third kappa shape index (κ3) is 2.80. The van der Waals surface area contributed by atoms with Crippen LogP contribution in [0.1, 0.15) is 28.8 Å². The molecule has 0 aliphatic rings. The van der Waals surface area contributed by atoms with Crippen molar-refractivity contribution in [2.24, 2.45) is 0 Å². The lowest BCUT2D eigenvalue weighted by atomic mass is 9.96. The third-order valence-electron chi connectivity index (χ3n) is 4.56. The lowest BCUT2D eigenvalue weighted by Gasteiger charge is -2.24. The highest BCUT2D eigenvalue weighted by Crippen LogP contribution is 2.34. The summed E-state index contributed by atoms with van der Waals surface area (Å²) in [5.74, 6) is 0.477. The Morgan fingerprint density at radius 3 is 2.50 bits per heavy atom. The molecule has 0 saturated carbocycles. The lowest BCUT2D eigenvalue weighted by molar-refractivity contribution is 0.126. The van der Waals surface area contributed by atoms with Crippen LogP contribution in [0.15, 0.2) is 66.9 Å². The minimum absolute atomic E-state index is 0.475. The molecule has 1 unspecified atom stereocenters. The number of aromatic nitrogens is 4. The number of nitrogens with zero attached hydrogens (tertiary/aromatic N) is 4. The third-order valence-corrected chi connectivity index (χ3v) is 4.56. The van der Waals surface area contributed by atoms with Gasteiger partial charge in [0, 0.05) is 6.20 Å². The Balaban J connectivity index is 1.90. The van der Waals surface area contributed by atoms with E-state index in [1.54, 1.807) is 10.9 Å². The monoisotopic (exact) mass is 345 g/mol. The number of nitrogen functional groups attached to an aromatic ring is 1. The summed E-state index contributed by atoms with van der Waals surface area (Å²) in [7, 11) is 0. The molecular formula is C20H19N5O. The van der Waals surface area contributed by atoms with E-state index in [0.717, 1.165) is 27.7 Å². The highest BCUT2D eigenvalue weighted by molar-refractivity contribution is 5.74. The van der Waals surface area contributed by atoms with E-state index in [-0.39, 0.29) is 0 Å². The Labute approximate surface area is 150 Å². The maximum Gasteiger partial charge on any atom is 0.126 e. The van der Waals surface area contributed by atoms with Gasteiger partial charge in [0.1, 0.15) is 23.5 Å². The largest absolute Gasteiger partial charge is 0.386 e. The van der Waals surface area contributed by atoms with E-state index in [4.69, 9.17) is 5.73 Å². The van der Waals surface area contributed by atoms with Crippen LogP contribution in [0.25, 0.3) is 11.0 Å². The molecule has 4 rings (SSSR count). The highest BCUT2D eigenvalue weighted by atomic mass is 16.3.